The van der Waals surface area contributed by atoms with Crippen molar-refractivity contribution in [2.45, 2.75) is 59.2 Å². The summed E-state index contributed by atoms with van der Waals surface area (Å²) in [6, 6.07) is 19.2. The average molecular weight is 466 g/mol. The fourth-order valence-corrected chi connectivity index (χ4v) is 5.89. The van der Waals surface area contributed by atoms with Gasteiger partial charge < -0.3 is 10.2 Å². The molecule has 1 saturated heterocycles. The van der Waals surface area contributed by atoms with Gasteiger partial charge in [0.05, 0.1) is 11.5 Å². The zero-order valence-corrected chi connectivity index (χ0v) is 19.2. The van der Waals surface area contributed by atoms with E-state index in [4.69, 9.17) is 11.6 Å². The van der Waals surface area contributed by atoms with Crippen LogP contribution in [0, 0.1) is 11.3 Å². The van der Waals surface area contributed by atoms with Gasteiger partial charge in [-0.05, 0) is 61.9 Å². The maximum atomic E-state index is 13.8. The number of likely N-dealkylation sites (tertiary alicyclic amines) is 1. The number of nitriles is 1. The van der Waals surface area contributed by atoms with Crippen LogP contribution < -0.4 is 5.32 Å². The standard InChI is InChI=1S/C25H24ClN3O2S/c26-18-8-6-17(7-9-18)25(12-13-25)23(31)29-15-20(32-19-4-2-1-3-5-19)14-21(29)22(30)28-24(16-27)10-11-24/h1-9,20-21H,10-15H2,(H,28,30)/t20-,21+/m1/s1. The molecule has 1 N–H and O–H groups in total. The Morgan fingerprint density at radius 3 is 2.34 bits per heavy atom. The summed E-state index contributed by atoms with van der Waals surface area (Å²) in [5.41, 5.74) is -0.354. The SMILES string of the molecule is N#CC1(NC(=O)[C@@H]2C[C@@H](Sc3ccccc3)CN2C(=O)C2(c3ccc(Cl)cc3)CC2)CC1. The molecule has 32 heavy (non-hydrogen) atoms. The summed E-state index contributed by atoms with van der Waals surface area (Å²) < 4.78 is 0. The molecule has 2 atom stereocenters. The highest BCUT2D eigenvalue weighted by Gasteiger charge is 2.57. The Morgan fingerprint density at radius 2 is 1.75 bits per heavy atom. The van der Waals surface area contributed by atoms with Crippen LogP contribution in [0.4, 0.5) is 0 Å². The van der Waals surface area contributed by atoms with E-state index >= 15 is 0 Å². The first-order chi connectivity index (χ1) is 15.4. The van der Waals surface area contributed by atoms with Gasteiger partial charge in [0.15, 0.2) is 0 Å². The van der Waals surface area contributed by atoms with Crippen molar-refractivity contribution in [3.8, 4) is 6.07 Å². The molecule has 5 rings (SSSR count). The molecule has 3 aliphatic rings. The summed E-state index contributed by atoms with van der Waals surface area (Å²) in [5, 5.41) is 13.1. The third kappa shape index (κ3) is 4.00. The first-order valence-corrected chi connectivity index (χ1v) is 12.2. The minimum atomic E-state index is -0.746. The topological polar surface area (TPSA) is 73.2 Å². The number of thioether (sulfide) groups is 1. The van der Waals surface area contributed by atoms with Gasteiger partial charge in [0, 0.05) is 21.7 Å². The molecule has 0 aromatic heterocycles. The number of hydrogen-bond acceptors (Lipinski definition) is 4. The zero-order valence-electron chi connectivity index (χ0n) is 17.6. The summed E-state index contributed by atoms with van der Waals surface area (Å²) in [5.74, 6) is -0.196. The van der Waals surface area contributed by atoms with E-state index in [2.05, 4.69) is 23.5 Å². The molecule has 164 valence electrons. The summed E-state index contributed by atoms with van der Waals surface area (Å²) in [6.07, 6.45) is 3.48. The quantitative estimate of drug-likeness (QED) is 0.690. The van der Waals surface area contributed by atoms with E-state index < -0.39 is 17.0 Å². The van der Waals surface area contributed by atoms with Gasteiger partial charge in [-0.2, -0.15) is 5.26 Å². The van der Waals surface area contributed by atoms with E-state index in [1.807, 2.05) is 42.5 Å². The number of rotatable bonds is 6. The normalized spacial score (nSPS) is 24.4. The molecule has 2 aromatic carbocycles. The van der Waals surface area contributed by atoms with E-state index in [1.54, 1.807) is 16.7 Å². The van der Waals surface area contributed by atoms with E-state index in [1.165, 1.54) is 0 Å². The van der Waals surface area contributed by atoms with E-state index in [-0.39, 0.29) is 17.1 Å². The smallest absolute Gasteiger partial charge is 0.244 e. The predicted octanol–water partition coefficient (Wildman–Crippen LogP) is 4.31. The third-order valence-corrected chi connectivity index (χ3v) is 8.23. The van der Waals surface area contributed by atoms with Gasteiger partial charge >= 0.3 is 0 Å². The molecule has 7 heteroatoms. The second-order valence-electron chi connectivity index (χ2n) is 9.03. The number of hydrogen-bond donors (Lipinski definition) is 1. The van der Waals surface area contributed by atoms with Crippen LogP contribution in [0.3, 0.4) is 0 Å². The van der Waals surface area contributed by atoms with Gasteiger partial charge in [-0.15, -0.1) is 11.8 Å². The van der Waals surface area contributed by atoms with Gasteiger partial charge in [0.2, 0.25) is 11.8 Å². The Balaban J connectivity index is 1.39. The Kier molecular flexibility index (Phi) is 5.43. The van der Waals surface area contributed by atoms with Gasteiger partial charge in [-0.1, -0.05) is 41.9 Å². The Hall–Kier alpha value is -2.49. The number of nitrogens with one attached hydrogen (secondary N) is 1. The fourth-order valence-electron chi connectivity index (χ4n) is 4.55. The Bertz CT molecular complexity index is 1070. The summed E-state index contributed by atoms with van der Waals surface area (Å²) >= 11 is 7.76. The van der Waals surface area contributed by atoms with Gasteiger partial charge in [-0.25, -0.2) is 0 Å². The van der Waals surface area contributed by atoms with Crippen molar-refractivity contribution in [1.82, 2.24) is 10.2 Å². The van der Waals surface area contributed by atoms with Crippen LogP contribution in [-0.2, 0) is 15.0 Å². The fraction of sp³-hybridized carbons (Fsp3) is 0.400. The van der Waals surface area contributed by atoms with E-state index in [0.717, 1.165) is 23.3 Å². The van der Waals surface area contributed by atoms with Gasteiger partial charge in [0.1, 0.15) is 11.6 Å². The van der Waals surface area contributed by atoms with Crippen molar-refractivity contribution in [3.05, 3.63) is 65.2 Å². The molecular formula is C25H24ClN3O2S. The van der Waals surface area contributed by atoms with Crippen LogP contribution in [0.1, 0.15) is 37.7 Å². The number of benzene rings is 2. The lowest BCUT2D eigenvalue weighted by Crippen LogP contribution is -2.51. The summed E-state index contributed by atoms with van der Waals surface area (Å²) in [4.78, 5) is 29.9. The van der Waals surface area contributed by atoms with Crippen LogP contribution >= 0.6 is 23.4 Å². The monoisotopic (exact) mass is 465 g/mol. The van der Waals surface area contributed by atoms with Gasteiger partial charge in [-0.3, -0.25) is 9.59 Å². The lowest BCUT2D eigenvalue weighted by molar-refractivity contribution is -0.140. The average Bonchev–Trinajstić information content (AvgIpc) is 3.72. The molecule has 0 spiro atoms. The van der Waals surface area contributed by atoms with Crippen molar-refractivity contribution in [2.75, 3.05) is 6.54 Å². The highest BCUT2D eigenvalue weighted by Crippen LogP contribution is 2.51. The minimum absolute atomic E-state index is 0.0120. The highest BCUT2D eigenvalue weighted by molar-refractivity contribution is 8.00. The lowest BCUT2D eigenvalue weighted by atomic mass is 9.94. The number of halogens is 1. The van der Waals surface area contributed by atoms with Crippen LogP contribution in [-0.4, -0.2) is 40.1 Å². The van der Waals surface area contributed by atoms with Crippen LogP contribution in [0.2, 0.25) is 5.02 Å². The molecule has 1 aliphatic heterocycles. The third-order valence-electron chi connectivity index (χ3n) is 6.75. The minimum Gasteiger partial charge on any atom is -0.336 e. The maximum Gasteiger partial charge on any atom is 0.244 e. The molecule has 2 aromatic rings. The second kappa shape index (κ2) is 8.13. The molecule has 2 aliphatic carbocycles. The number of amides is 2. The molecule has 5 nitrogen and oxygen atoms in total. The van der Waals surface area contributed by atoms with Gasteiger partial charge in [0.25, 0.3) is 0 Å². The Morgan fingerprint density at radius 1 is 1.06 bits per heavy atom. The zero-order chi connectivity index (χ0) is 22.3. The van der Waals surface area contributed by atoms with E-state index in [0.29, 0.717) is 30.8 Å². The molecule has 0 radical (unpaired) electrons. The van der Waals surface area contributed by atoms with Crippen molar-refractivity contribution >= 4 is 35.2 Å². The van der Waals surface area contributed by atoms with E-state index in [9.17, 15) is 14.9 Å². The molecule has 0 bridgehead atoms. The number of nitrogens with zero attached hydrogens (tertiary/aromatic N) is 2. The molecule has 3 fully saturated rings. The molecule has 0 unspecified atom stereocenters. The summed E-state index contributed by atoms with van der Waals surface area (Å²) in [6.45, 7) is 0.519. The molecular weight excluding hydrogens is 442 g/mol. The van der Waals surface area contributed by atoms with Crippen LogP contribution in [0.25, 0.3) is 0 Å². The molecule has 2 saturated carbocycles. The van der Waals surface area contributed by atoms with Crippen LogP contribution in [0.15, 0.2) is 59.5 Å². The van der Waals surface area contributed by atoms with Crippen molar-refractivity contribution in [1.29, 1.82) is 5.26 Å². The summed E-state index contributed by atoms with van der Waals surface area (Å²) in [7, 11) is 0. The maximum absolute atomic E-state index is 13.8. The highest BCUT2D eigenvalue weighted by atomic mass is 35.5. The first kappa shape index (κ1) is 21.4. The number of carbonyl (C=O) groups is 2. The Labute approximate surface area is 197 Å². The molecule has 1 heterocycles. The predicted molar refractivity (Wildman–Crippen MR) is 124 cm³/mol. The largest absolute Gasteiger partial charge is 0.336 e. The lowest BCUT2D eigenvalue weighted by Gasteiger charge is -2.29. The number of carbonyl (C=O) groups excluding carboxylic acids is 2. The molecule has 2 amide bonds. The van der Waals surface area contributed by atoms with Crippen molar-refractivity contribution < 1.29 is 9.59 Å². The second-order valence-corrected chi connectivity index (χ2v) is 10.8. The van der Waals surface area contributed by atoms with Crippen molar-refractivity contribution in [2.24, 2.45) is 0 Å². The van der Waals surface area contributed by atoms with Crippen LogP contribution in [0.5, 0.6) is 0 Å². The van der Waals surface area contributed by atoms with Crippen molar-refractivity contribution in [3.63, 3.8) is 0 Å². The first-order valence-electron chi connectivity index (χ1n) is 11.0.